The second-order valence-corrected chi connectivity index (χ2v) is 7.37. The van der Waals surface area contributed by atoms with Gasteiger partial charge in [-0.1, -0.05) is 0 Å². The standard InChI is InChI=1S/C10H20N2O2S/c1-8(2)15(13,14)12-6-5-9-3-4-10(7-12)11-9/h8-11H,3-7H2,1-2H3. The van der Waals surface area contributed by atoms with Crippen molar-refractivity contribution in [1.82, 2.24) is 9.62 Å². The zero-order valence-electron chi connectivity index (χ0n) is 9.44. The maximum Gasteiger partial charge on any atom is 0.216 e. The van der Waals surface area contributed by atoms with Gasteiger partial charge in [0.15, 0.2) is 0 Å². The van der Waals surface area contributed by atoms with E-state index < -0.39 is 10.0 Å². The van der Waals surface area contributed by atoms with Crippen LogP contribution >= 0.6 is 0 Å². The summed E-state index contributed by atoms with van der Waals surface area (Å²) in [6, 6.07) is 0.924. The number of rotatable bonds is 2. The molecule has 4 nitrogen and oxygen atoms in total. The van der Waals surface area contributed by atoms with E-state index >= 15 is 0 Å². The van der Waals surface area contributed by atoms with Crippen LogP contribution in [0.1, 0.15) is 33.1 Å². The van der Waals surface area contributed by atoms with E-state index in [1.807, 2.05) is 0 Å². The molecule has 0 saturated carbocycles. The van der Waals surface area contributed by atoms with Crippen LogP contribution in [-0.4, -0.2) is 43.1 Å². The lowest BCUT2D eigenvalue weighted by atomic mass is 10.1. The van der Waals surface area contributed by atoms with Crippen molar-refractivity contribution in [3.63, 3.8) is 0 Å². The van der Waals surface area contributed by atoms with Gasteiger partial charge >= 0.3 is 0 Å². The van der Waals surface area contributed by atoms with Crippen LogP contribution in [0.4, 0.5) is 0 Å². The van der Waals surface area contributed by atoms with E-state index in [4.69, 9.17) is 0 Å². The Morgan fingerprint density at radius 2 is 1.87 bits per heavy atom. The summed E-state index contributed by atoms with van der Waals surface area (Å²) in [5.74, 6) is 0. The molecule has 2 fully saturated rings. The van der Waals surface area contributed by atoms with Gasteiger partial charge in [0.2, 0.25) is 10.0 Å². The normalized spacial score (nSPS) is 33.3. The Labute approximate surface area is 92.1 Å². The number of nitrogens with zero attached hydrogens (tertiary/aromatic N) is 1. The van der Waals surface area contributed by atoms with E-state index in [2.05, 4.69) is 5.32 Å². The zero-order chi connectivity index (χ0) is 11.1. The van der Waals surface area contributed by atoms with Crippen LogP contribution in [0.15, 0.2) is 0 Å². The van der Waals surface area contributed by atoms with Gasteiger partial charge in [-0.2, -0.15) is 0 Å². The summed E-state index contributed by atoms with van der Waals surface area (Å²) in [6.45, 7) is 4.86. The predicted molar refractivity (Wildman–Crippen MR) is 60.2 cm³/mol. The molecule has 0 aromatic rings. The fraction of sp³-hybridized carbons (Fsp3) is 1.00. The number of nitrogens with one attached hydrogen (secondary N) is 1. The van der Waals surface area contributed by atoms with E-state index in [1.165, 1.54) is 6.42 Å². The monoisotopic (exact) mass is 232 g/mol. The third-order valence-corrected chi connectivity index (χ3v) is 5.68. The minimum Gasteiger partial charge on any atom is -0.310 e. The summed E-state index contributed by atoms with van der Waals surface area (Å²) in [5, 5.41) is 3.19. The highest BCUT2D eigenvalue weighted by molar-refractivity contribution is 7.89. The molecule has 0 aliphatic carbocycles. The molecule has 15 heavy (non-hydrogen) atoms. The molecular weight excluding hydrogens is 212 g/mol. The molecule has 0 spiro atoms. The maximum atomic E-state index is 12.0. The first-order valence-electron chi connectivity index (χ1n) is 5.75. The zero-order valence-corrected chi connectivity index (χ0v) is 10.3. The molecule has 0 radical (unpaired) electrons. The molecule has 5 heteroatoms. The third kappa shape index (κ3) is 2.19. The molecular formula is C10H20N2O2S. The van der Waals surface area contributed by atoms with E-state index in [1.54, 1.807) is 18.2 Å². The molecule has 0 aromatic carbocycles. The summed E-state index contributed by atoms with van der Waals surface area (Å²) < 4.78 is 25.7. The molecule has 2 saturated heterocycles. The first-order valence-corrected chi connectivity index (χ1v) is 7.25. The number of sulfonamides is 1. The highest BCUT2D eigenvalue weighted by Crippen LogP contribution is 2.23. The summed E-state index contributed by atoms with van der Waals surface area (Å²) >= 11 is 0. The minimum atomic E-state index is -3.05. The molecule has 2 unspecified atom stereocenters. The van der Waals surface area contributed by atoms with Crippen LogP contribution in [0.2, 0.25) is 0 Å². The van der Waals surface area contributed by atoms with Crippen LogP contribution in [0.3, 0.4) is 0 Å². The molecule has 0 aromatic heterocycles. The number of hydrogen-bond donors (Lipinski definition) is 1. The quantitative estimate of drug-likeness (QED) is 0.756. The molecule has 2 heterocycles. The van der Waals surface area contributed by atoms with Crippen molar-refractivity contribution in [2.45, 2.75) is 50.4 Å². The predicted octanol–water partition coefficient (Wildman–Crippen LogP) is 0.551. The average Bonchev–Trinajstić information content (AvgIpc) is 2.44. The first kappa shape index (κ1) is 11.4. The van der Waals surface area contributed by atoms with E-state index in [9.17, 15) is 8.42 Å². The lowest BCUT2D eigenvalue weighted by molar-refractivity contribution is 0.379. The molecule has 0 amide bonds. The lowest BCUT2D eigenvalue weighted by Crippen LogP contribution is -2.42. The maximum absolute atomic E-state index is 12.0. The summed E-state index contributed by atoms with van der Waals surface area (Å²) in [4.78, 5) is 0. The molecule has 2 aliphatic heterocycles. The summed E-state index contributed by atoms with van der Waals surface area (Å²) in [7, 11) is -3.05. The SMILES string of the molecule is CC(C)S(=O)(=O)N1CCC2CCC(C1)N2. The lowest BCUT2D eigenvalue weighted by Gasteiger charge is -2.25. The van der Waals surface area contributed by atoms with Crippen molar-refractivity contribution in [2.24, 2.45) is 0 Å². The number of hydrogen-bond acceptors (Lipinski definition) is 3. The topological polar surface area (TPSA) is 49.4 Å². The smallest absolute Gasteiger partial charge is 0.216 e. The van der Waals surface area contributed by atoms with Crippen LogP contribution < -0.4 is 5.32 Å². The van der Waals surface area contributed by atoms with Crippen molar-refractivity contribution in [3.05, 3.63) is 0 Å². The van der Waals surface area contributed by atoms with Gasteiger partial charge < -0.3 is 5.32 Å². The largest absolute Gasteiger partial charge is 0.310 e. The van der Waals surface area contributed by atoms with Crippen LogP contribution in [0, 0.1) is 0 Å². The van der Waals surface area contributed by atoms with Crippen molar-refractivity contribution < 1.29 is 8.42 Å². The Balaban J connectivity index is 2.11. The van der Waals surface area contributed by atoms with Gasteiger partial charge in [-0.25, -0.2) is 12.7 Å². The fourth-order valence-electron chi connectivity index (χ4n) is 2.44. The molecule has 88 valence electrons. The van der Waals surface area contributed by atoms with Gasteiger partial charge in [0.1, 0.15) is 0 Å². The Kier molecular flexibility index (Phi) is 3.05. The minimum absolute atomic E-state index is 0.297. The Morgan fingerprint density at radius 1 is 1.20 bits per heavy atom. The average molecular weight is 232 g/mol. The van der Waals surface area contributed by atoms with Crippen LogP contribution in [0.5, 0.6) is 0 Å². The fourth-order valence-corrected chi connectivity index (χ4v) is 3.78. The molecule has 2 aliphatic rings. The summed E-state index contributed by atoms with van der Waals surface area (Å²) in [6.07, 6.45) is 3.29. The second-order valence-electron chi connectivity index (χ2n) is 4.88. The number of fused-ring (bicyclic) bond motifs is 2. The van der Waals surface area contributed by atoms with Gasteiger partial charge in [0.25, 0.3) is 0 Å². The Hall–Kier alpha value is -0.130. The van der Waals surface area contributed by atoms with Gasteiger partial charge in [0, 0.05) is 25.2 Å². The second kappa shape index (κ2) is 4.03. The van der Waals surface area contributed by atoms with Crippen LogP contribution in [0.25, 0.3) is 0 Å². The molecule has 1 N–H and O–H groups in total. The van der Waals surface area contributed by atoms with Gasteiger partial charge in [0.05, 0.1) is 5.25 Å². The van der Waals surface area contributed by atoms with Crippen molar-refractivity contribution in [3.8, 4) is 0 Å². The van der Waals surface area contributed by atoms with Gasteiger partial charge in [-0.15, -0.1) is 0 Å². The van der Waals surface area contributed by atoms with E-state index in [0.717, 1.165) is 12.8 Å². The highest BCUT2D eigenvalue weighted by atomic mass is 32.2. The third-order valence-electron chi connectivity index (χ3n) is 3.44. The molecule has 2 rings (SSSR count). The van der Waals surface area contributed by atoms with E-state index in [-0.39, 0.29) is 5.25 Å². The Bertz CT molecular complexity index is 326. The highest BCUT2D eigenvalue weighted by Gasteiger charge is 2.35. The van der Waals surface area contributed by atoms with Crippen molar-refractivity contribution in [1.29, 1.82) is 0 Å². The van der Waals surface area contributed by atoms with E-state index in [0.29, 0.717) is 25.2 Å². The molecule has 2 atom stereocenters. The van der Waals surface area contributed by atoms with Crippen molar-refractivity contribution >= 4 is 10.0 Å². The van der Waals surface area contributed by atoms with Crippen molar-refractivity contribution in [2.75, 3.05) is 13.1 Å². The first-order chi connectivity index (χ1) is 7.00. The van der Waals surface area contributed by atoms with Gasteiger partial charge in [-0.3, -0.25) is 0 Å². The summed E-state index contributed by atoms with van der Waals surface area (Å²) in [5.41, 5.74) is 0. The van der Waals surface area contributed by atoms with Gasteiger partial charge in [-0.05, 0) is 33.1 Å². The molecule has 2 bridgehead atoms. The Morgan fingerprint density at radius 3 is 2.53 bits per heavy atom. The van der Waals surface area contributed by atoms with Crippen LogP contribution in [-0.2, 0) is 10.0 Å².